The van der Waals surface area contributed by atoms with Crippen LogP contribution in [0.2, 0.25) is 0 Å². The normalized spacial score (nSPS) is 10.9. The number of imidazole rings is 1. The van der Waals surface area contributed by atoms with Gasteiger partial charge in [0.25, 0.3) is 11.8 Å². The van der Waals surface area contributed by atoms with E-state index in [4.69, 9.17) is 0 Å². The van der Waals surface area contributed by atoms with Gasteiger partial charge in [-0.3, -0.25) is 29.0 Å². The van der Waals surface area contributed by atoms with Crippen LogP contribution in [0.4, 0.5) is 5.82 Å². The van der Waals surface area contributed by atoms with Crippen LogP contribution in [0.1, 0.15) is 26.5 Å². The number of nitrogens with zero attached hydrogens (tertiary/aromatic N) is 7. The van der Waals surface area contributed by atoms with Crippen LogP contribution in [0.5, 0.6) is 0 Å². The molecule has 174 valence electrons. The van der Waals surface area contributed by atoms with Crippen molar-refractivity contribution in [2.45, 2.75) is 6.54 Å². The van der Waals surface area contributed by atoms with Crippen molar-refractivity contribution in [3.8, 4) is 11.3 Å². The number of hydrogen-bond acceptors (Lipinski definition) is 6. The lowest BCUT2D eigenvalue weighted by atomic mass is 10.2. The summed E-state index contributed by atoms with van der Waals surface area (Å²) in [4.78, 5) is 42.5. The molecule has 0 spiro atoms. The van der Waals surface area contributed by atoms with Crippen LogP contribution >= 0.6 is 0 Å². The van der Waals surface area contributed by atoms with Crippen LogP contribution in [-0.4, -0.2) is 60.4 Å². The number of hydrogen-bond donors (Lipinski definition) is 1. The number of amides is 2. The van der Waals surface area contributed by atoms with E-state index in [0.717, 1.165) is 17.0 Å². The first-order valence-electron chi connectivity index (χ1n) is 10.9. The maximum Gasteiger partial charge on any atom is 0.278 e. The Labute approximate surface area is 200 Å². The van der Waals surface area contributed by atoms with E-state index >= 15 is 0 Å². The Hall–Kier alpha value is -4.86. The smallest absolute Gasteiger partial charge is 0.278 e. The fourth-order valence-corrected chi connectivity index (χ4v) is 3.69. The van der Waals surface area contributed by atoms with E-state index in [1.807, 2.05) is 54.7 Å². The largest absolute Gasteiger partial charge is 0.336 e. The van der Waals surface area contributed by atoms with Crippen molar-refractivity contribution in [3.63, 3.8) is 0 Å². The number of aromatic nitrogens is 6. The lowest BCUT2D eigenvalue weighted by molar-refractivity contribution is 0.0777. The predicted molar refractivity (Wildman–Crippen MR) is 130 cm³/mol. The Kier molecular flexibility index (Phi) is 5.76. The fourth-order valence-electron chi connectivity index (χ4n) is 3.69. The van der Waals surface area contributed by atoms with Crippen molar-refractivity contribution in [1.82, 2.24) is 34.4 Å². The van der Waals surface area contributed by atoms with Crippen molar-refractivity contribution in [1.29, 1.82) is 0 Å². The Balaban J connectivity index is 1.37. The summed E-state index contributed by atoms with van der Waals surface area (Å²) in [6.07, 6.45) is 6.70. The summed E-state index contributed by atoms with van der Waals surface area (Å²) >= 11 is 0. The summed E-state index contributed by atoms with van der Waals surface area (Å²) in [6, 6.07) is 17.0. The minimum Gasteiger partial charge on any atom is -0.336 e. The van der Waals surface area contributed by atoms with Gasteiger partial charge >= 0.3 is 0 Å². The molecule has 35 heavy (non-hydrogen) atoms. The molecule has 10 nitrogen and oxygen atoms in total. The number of H-pyrrole nitrogens is 1. The van der Waals surface area contributed by atoms with Crippen LogP contribution in [0.3, 0.4) is 0 Å². The van der Waals surface area contributed by atoms with Gasteiger partial charge in [-0.2, -0.15) is 10.1 Å². The highest BCUT2D eigenvalue weighted by Gasteiger charge is 2.26. The molecule has 1 N–H and O–H groups in total. The maximum atomic E-state index is 13.3. The van der Waals surface area contributed by atoms with Gasteiger partial charge in [-0.1, -0.05) is 36.4 Å². The third-order valence-corrected chi connectivity index (χ3v) is 5.58. The molecule has 4 heterocycles. The van der Waals surface area contributed by atoms with E-state index in [-0.39, 0.29) is 17.2 Å². The van der Waals surface area contributed by atoms with Crippen LogP contribution in [-0.2, 0) is 6.54 Å². The van der Waals surface area contributed by atoms with Gasteiger partial charge < -0.3 is 4.90 Å². The Morgan fingerprint density at radius 2 is 1.77 bits per heavy atom. The maximum absolute atomic E-state index is 13.3. The molecule has 0 bridgehead atoms. The second-order valence-electron chi connectivity index (χ2n) is 7.99. The Morgan fingerprint density at radius 3 is 2.54 bits per heavy atom. The van der Waals surface area contributed by atoms with Gasteiger partial charge in [0.05, 0.1) is 29.7 Å². The molecule has 1 aromatic carbocycles. The van der Waals surface area contributed by atoms with Gasteiger partial charge in [-0.15, -0.1) is 0 Å². The van der Waals surface area contributed by atoms with Crippen molar-refractivity contribution in [2.24, 2.45) is 0 Å². The van der Waals surface area contributed by atoms with E-state index in [0.29, 0.717) is 18.1 Å². The standard InChI is InChI=1S/C25H22N8O2/c1-31(15-18-10-6-7-12-26-18)23(34)19-14-27-30-22(19)24(35)32(2)21-11-13-33-16-20(28-25(33)29-21)17-8-4-3-5-9-17/h3-14,16H,15H2,1-2H3,(H,27,30). The van der Waals surface area contributed by atoms with Crippen LogP contribution in [0.25, 0.3) is 17.0 Å². The second-order valence-corrected chi connectivity index (χ2v) is 7.99. The van der Waals surface area contributed by atoms with Gasteiger partial charge in [0.1, 0.15) is 11.5 Å². The van der Waals surface area contributed by atoms with E-state index in [9.17, 15) is 9.59 Å². The summed E-state index contributed by atoms with van der Waals surface area (Å²) in [5.74, 6) is 0.0636. The summed E-state index contributed by atoms with van der Waals surface area (Å²) in [7, 11) is 3.25. The molecule has 0 aliphatic rings. The Bertz CT molecular complexity index is 1490. The zero-order valence-corrected chi connectivity index (χ0v) is 19.2. The van der Waals surface area contributed by atoms with Crippen molar-refractivity contribution < 1.29 is 9.59 Å². The summed E-state index contributed by atoms with van der Waals surface area (Å²) in [6.45, 7) is 0.302. The summed E-state index contributed by atoms with van der Waals surface area (Å²) < 4.78 is 1.79. The van der Waals surface area contributed by atoms with Gasteiger partial charge in [0, 0.05) is 38.2 Å². The molecule has 4 aromatic heterocycles. The number of carbonyl (C=O) groups excluding carboxylic acids is 2. The molecule has 5 rings (SSSR count). The number of aromatic amines is 1. The molecule has 2 amide bonds. The third-order valence-electron chi connectivity index (χ3n) is 5.58. The molecule has 0 aliphatic carbocycles. The van der Waals surface area contributed by atoms with Gasteiger partial charge in [0.2, 0.25) is 5.78 Å². The first kappa shape index (κ1) is 22.0. The van der Waals surface area contributed by atoms with Crippen molar-refractivity contribution in [3.05, 3.63) is 96.3 Å². The molecular formula is C25H22N8O2. The molecule has 0 aliphatic heterocycles. The monoisotopic (exact) mass is 466 g/mol. The van der Waals surface area contributed by atoms with E-state index in [2.05, 4.69) is 25.1 Å². The average molecular weight is 467 g/mol. The quantitative estimate of drug-likeness (QED) is 0.412. The minimum atomic E-state index is -0.441. The minimum absolute atomic E-state index is 0.0837. The van der Waals surface area contributed by atoms with Crippen LogP contribution < -0.4 is 4.90 Å². The number of rotatable bonds is 6. The summed E-state index contributed by atoms with van der Waals surface area (Å²) in [5.41, 5.74) is 2.75. The van der Waals surface area contributed by atoms with Gasteiger partial charge in [-0.25, -0.2) is 4.98 Å². The predicted octanol–water partition coefficient (Wildman–Crippen LogP) is 3.06. The number of nitrogens with one attached hydrogen (secondary N) is 1. The zero-order chi connectivity index (χ0) is 24.4. The third kappa shape index (κ3) is 4.36. The number of benzene rings is 1. The average Bonchev–Trinajstić information content (AvgIpc) is 3.55. The lowest BCUT2D eigenvalue weighted by Gasteiger charge is -2.18. The zero-order valence-electron chi connectivity index (χ0n) is 19.2. The number of pyridine rings is 1. The first-order valence-corrected chi connectivity index (χ1v) is 10.9. The second kappa shape index (κ2) is 9.18. The summed E-state index contributed by atoms with van der Waals surface area (Å²) in [5, 5.41) is 6.61. The molecule has 10 heteroatoms. The Morgan fingerprint density at radius 1 is 0.971 bits per heavy atom. The molecule has 0 fully saturated rings. The molecule has 0 saturated carbocycles. The molecule has 0 atom stereocenters. The topological polar surface area (TPSA) is 112 Å². The van der Waals surface area contributed by atoms with Crippen molar-refractivity contribution >= 4 is 23.4 Å². The van der Waals surface area contributed by atoms with Crippen molar-refractivity contribution in [2.75, 3.05) is 19.0 Å². The SMILES string of the molecule is CN(Cc1ccccn1)C(=O)c1cn[nH]c1C(=O)N(C)c1ccn2cc(-c3ccccc3)nc2n1. The van der Waals surface area contributed by atoms with Crippen LogP contribution in [0, 0.1) is 0 Å². The van der Waals surface area contributed by atoms with E-state index in [1.54, 1.807) is 37.0 Å². The van der Waals surface area contributed by atoms with E-state index in [1.165, 1.54) is 16.0 Å². The van der Waals surface area contributed by atoms with E-state index < -0.39 is 5.91 Å². The molecule has 0 radical (unpaired) electrons. The molecule has 0 unspecified atom stereocenters. The first-order chi connectivity index (χ1) is 17.0. The van der Waals surface area contributed by atoms with Gasteiger partial charge in [-0.05, 0) is 18.2 Å². The number of fused-ring (bicyclic) bond motifs is 1. The molecular weight excluding hydrogens is 444 g/mol. The lowest BCUT2D eigenvalue weighted by Crippen LogP contribution is -2.32. The number of carbonyl (C=O) groups is 2. The van der Waals surface area contributed by atoms with Crippen LogP contribution in [0.15, 0.2) is 79.4 Å². The highest BCUT2D eigenvalue weighted by molar-refractivity contribution is 6.11. The molecule has 0 saturated heterocycles. The number of anilines is 1. The highest BCUT2D eigenvalue weighted by Crippen LogP contribution is 2.21. The fraction of sp³-hybridized carbons (Fsp3) is 0.120. The molecule has 5 aromatic rings. The van der Waals surface area contributed by atoms with Gasteiger partial charge in [0.15, 0.2) is 0 Å². The highest BCUT2D eigenvalue weighted by atomic mass is 16.2.